The summed E-state index contributed by atoms with van der Waals surface area (Å²) in [6.45, 7) is -0.366. The van der Waals surface area contributed by atoms with E-state index in [1.807, 2.05) is 0 Å². The van der Waals surface area contributed by atoms with Crippen LogP contribution in [0.3, 0.4) is 0 Å². The summed E-state index contributed by atoms with van der Waals surface area (Å²) in [5.41, 5.74) is -0.119. The number of alkyl halides is 3. The lowest BCUT2D eigenvalue weighted by atomic mass is 9.85. The molecule has 0 saturated heterocycles. The molecule has 1 fully saturated rings. The van der Waals surface area contributed by atoms with Crippen LogP contribution >= 0.6 is 11.6 Å². The van der Waals surface area contributed by atoms with Crippen LogP contribution in [0.4, 0.5) is 17.6 Å². The number of hydrogen-bond donors (Lipinski definition) is 1. The van der Waals surface area contributed by atoms with Crippen LogP contribution in [-0.2, 0) is 12.8 Å². The van der Waals surface area contributed by atoms with Crippen molar-refractivity contribution in [3.8, 4) is 22.8 Å². The zero-order valence-corrected chi connectivity index (χ0v) is 17.1. The van der Waals surface area contributed by atoms with Crippen molar-refractivity contribution in [1.29, 1.82) is 0 Å². The van der Waals surface area contributed by atoms with E-state index in [1.54, 1.807) is 18.2 Å². The molecule has 2 aromatic heterocycles. The number of rotatable bonds is 6. The minimum atomic E-state index is -4.67. The Morgan fingerprint density at radius 2 is 1.97 bits per heavy atom. The highest BCUT2D eigenvalue weighted by Crippen LogP contribution is 2.39. The maximum atomic E-state index is 14.0. The SMILES string of the molecule is COc1cc(-c2nc(C3CCC3)[nH]c2Cl)ccc1OCc1ncc(C(F)(F)F)cc1F. The molecule has 0 atom stereocenters. The molecule has 3 aromatic rings. The minimum Gasteiger partial charge on any atom is -0.493 e. The number of hydrogen-bond acceptors (Lipinski definition) is 4. The van der Waals surface area contributed by atoms with E-state index in [0.29, 0.717) is 40.3 Å². The van der Waals surface area contributed by atoms with Crippen LogP contribution in [-0.4, -0.2) is 22.1 Å². The molecule has 31 heavy (non-hydrogen) atoms. The van der Waals surface area contributed by atoms with Gasteiger partial charge < -0.3 is 14.5 Å². The van der Waals surface area contributed by atoms with Gasteiger partial charge in [0.25, 0.3) is 0 Å². The number of pyridine rings is 1. The van der Waals surface area contributed by atoms with Gasteiger partial charge >= 0.3 is 6.18 Å². The number of benzene rings is 1. The second-order valence-electron chi connectivity index (χ2n) is 7.22. The van der Waals surface area contributed by atoms with Crippen molar-refractivity contribution in [2.75, 3.05) is 7.11 Å². The number of aromatic nitrogens is 3. The first-order valence-corrected chi connectivity index (χ1v) is 9.92. The van der Waals surface area contributed by atoms with Gasteiger partial charge in [0.15, 0.2) is 11.5 Å². The summed E-state index contributed by atoms with van der Waals surface area (Å²) in [5, 5.41) is 0.425. The van der Waals surface area contributed by atoms with Gasteiger partial charge in [0.05, 0.1) is 12.7 Å². The summed E-state index contributed by atoms with van der Waals surface area (Å²) in [5.74, 6) is 0.765. The molecule has 0 spiro atoms. The van der Waals surface area contributed by atoms with E-state index in [1.165, 1.54) is 13.5 Å². The number of nitrogens with zero attached hydrogens (tertiary/aromatic N) is 2. The van der Waals surface area contributed by atoms with Crippen molar-refractivity contribution in [2.45, 2.75) is 38.0 Å². The van der Waals surface area contributed by atoms with Gasteiger partial charge in [0.1, 0.15) is 34.8 Å². The Morgan fingerprint density at radius 1 is 1.19 bits per heavy atom. The second-order valence-corrected chi connectivity index (χ2v) is 7.60. The fourth-order valence-electron chi connectivity index (χ4n) is 3.24. The van der Waals surface area contributed by atoms with Gasteiger partial charge in [-0.1, -0.05) is 18.0 Å². The molecule has 0 aliphatic heterocycles. The lowest BCUT2D eigenvalue weighted by Gasteiger charge is -2.22. The van der Waals surface area contributed by atoms with Crippen LogP contribution in [0.15, 0.2) is 30.5 Å². The molecule has 2 heterocycles. The van der Waals surface area contributed by atoms with Gasteiger partial charge in [0.2, 0.25) is 0 Å². The van der Waals surface area contributed by atoms with Crippen LogP contribution in [0.2, 0.25) is 5.15 Å². The Morgan fingerprint density at radius 3 is 2.58 bits per heavy atom. The Hall–Kier alpha value is -2.81. The number of nitrogens with one attached hydrogen (secondary N) is 1. The van der Waals surface area contributed by atoms with Gasteiger partial charge in [-0.25, -0.2) is 9.37 Å². The van der Waals surface area contributed by atoms with Crippen molar-refractivity contribution in [1.82, 2.24) is 15.0 Å². The molecular weight excluding hydrogens is 438 g/mol. The topological polar surface area (TPSA) is 60.0 Å². The molecule has 0 amide bonds. The summed E-state index contributed by atoms with van der Waals surface area (Å²) in [4.78, 5) is 11.3. The summed E-state index contributed by atoms with van der Waals surface area (Å²) in [6, 6.07) is 5.40. The van der Waals surface area contributed by atoms with Crippen LogP contribution in [0, 0.1) is 5.82 Å². The van der Waals surface area contributed by atoms with Crippen molar-refractivity contribution < 1.29 is 27.0 Å². The number of H-pyrrole nitrogens is 1. The predicted molar refractivity (Wildman–Crippen MR) is 106 cm³/mol. The molecule has 164 valence electrons. The quantitative estimate of drug-likeness (QED) is 0.454. The molecule has 1 aliphatic rings. The highest BCUT2D eigenvalue weighted by atomic mass is 35.5. The molecule has 10 heteroatoms. The van der Waals surface area contributed by atoms with E-state index >= 15 is 0 Å². The van der Waals surface area contributed by atoms with Crippen molar-refractivity contribution >= 4 is 11.6 Å². The van der Waals surface area contributed by atoms with Crippen LogP contribution in [0.1, 0.15) is 42.3 Å². The Kier molecular flexibility index (Phi) is 5.79. The summed E-state index contributed by atoms with van der Waals surface area (Å²) in [7, 11) is 1.44. The first-order chi connectivity index (χ1) is 14.8. The smallest absolute Gasteiger partial charge is 0.417 e. The first-order valence-electron chi connectivity index (χ1n) is 9.54. The second kappa shape index (κ2) is 8.37. The molecule has 1 saturated carbocycles. The summed E-state index contributed by atoms with van der Waals surface area (Å²) in [6.07, 6.45) is -0.770. The predicted octanol–water partition coefficient (Wildman–Crippen LogP) is 6.14. The van der Waals surface area contributed by atoms with Crippen LogP contribution in [0.5, 0.6) is 11.5 Å². The Labute approximate surface area is 180 Å². The van der Waals surface area contributed by atoms with E-state index in [2.05, 4.69) is 15.0 Å². The number of imidazole rings is 1. The maximum Gasteiger partial charge on any atom is 0.417 e. The number of methoxy groups -OCH3 is 1. The fourth-order valence-corrected chi connectivity index (χ4v) is 3.49. The third-order valence-electron chi connectivity index (χ3n) is 5.22. The molecule has 5 nitrogen and oxygen atoms in total. The van der Waals surface area contributed by atoms with Crippen LogP contribution < -0.4 is 9.47 Å². The lowest BCUT2D eigenvalue weighted by Crippen LogP contribution is -2.10. The largest absolute Gasteiger partial charge is 0.493 e. The standard InChI is InChI=1S/C21H18ClF4N3O2/c1-30-17-7-12(18-19(22)29-20(28-18)11-3-2-4-11)5-6-16(17)31-10-15-14(23)8-13(9-27-15)21(24,25)26/h5-9,11H,2-4,10H2,1H3,(H,28,29). The zero-order valence-electron chi connectivity index (χ0n) is 16.4. The fraction of sp³-hybridized carbons (Fsp3) is 0.333. The first kappa shape index (κ1) is 21.4. The Bertz CT molecular complexity index is 1100. The summed E-state index contributed by atoms with van der Waals surface area (Å²) >= 11 is 6.32. The van der Waals surface area contributed by atoms with E-state index in [4.69, 9.17) is 21.1 Å². The zero-order chi connectivity index (χ0) is 22.2. The van der Waals surface area contributed by atoms with Crippen molar-refractivity contribution in [3.63, 3.8) is 0 Å². The maximum absolute atomic E-state index is 14.0. The average molecular weight is 456 g/mol. The molecule has 4 rings (SSSR count). The van der Waals surface area contributed by atoms with E-state index in [-0.39, 0.29) is 18.1 Å². The highest BCUT2D eigenvalue weighted by Gasteiger charge is 2.32. The summed E-state index contributed by atoms with van der Waals surface area (Å²) < 4.78 is 62.8. The minimum absolute atomic E-state index is 0.250. The highest BCUT2D eigenvalue weighted by molar-refractivity contribution is 6.31. The van der Waals surface area contributed by atoms with Crippen LogP contribution in [0.25, 0.3) is 11.3 Å². The average Bonchev–Trinajstić information content (AvgIpc) is 3.05. The van der Waals surface area contributed by atoms with E-state index in [9.17, 15) is 17.6 Å². The van der Waals surface area contributed by atoms with Gasteiger partial charge in [0, 0.05) is 17.7 Å². The van der Waals surface area contributed by atoms with Crippen molar-refractivity contribution in [3.05, 3.63) is 58.5 Å². The van der Waals surface area contributed by atoms with Gasteiger partial charge in [-0.3, -0.25) is 4.98 Å². The molecule has 1 aliphatic carbocycles. The molecule has 1 aromatic carbocycles. The third-order valence-corrected chi connectivity index (χ3v) is 5.49. The molecule has 0 unspecified atom stereocenters. The van der Waals surface area contributed by atoms with Gasteiger partial charge in [-0.05, 0) is 37.1 Å². The number of halogens is 5. The number of ether oxygens (including phenoxy) is 2. The monoisotopic (exact) mass is 455 g/mol. The molecule has 1 N–H and O–H groups in total. The van der Waals surface area contributed by atoms with E-state index < -0.39 is 17.6 Å². The third kappa shape index (κ3) is 4.46. The lowest BCUT2D eigenvalue weighted by molar-refractivity contribution is -0.138. The molecule has 0 radical (unpaired) electrons. The normalized spacial score (nSPS) is 14.4. The van der Waals surface area contributed by atoms with E-state index in [0.717, 1.165) is 18.7 Å². The molecule has 0 bridgehead atoms. The van der Waals surface area contributed by atoms with Gasteiger partial charge in [-0.15, -0.1) is 0 Å². The molecular formula is C21H18ClF4N3O2. The number of aromatic amines is 1. The van der Waals surface area contributed by atoms with Gasteiger partial charge in [-0.2, -0.15) is 13.2 Å². The Balaban J connectivity index is 1.52. The van der Waals surface area contributed by atoms with Crippen molar-refractivity contribution in [2.24, 2.45) is 0 Å².